The highest BCUT2D eigenvalue weighted by atomic mass is 16.8. The molecule has 4 heterocycles. The Bertz CT molecular complexity index is 972. The number of nitrogens with two attached hydrogens (primary N) is 1. The molecular weight excluding hydrogens is 400 g/mol. The minimum Gasteiger partial charge on any atom is -0.382 e. The van der Waals surface area contributed by atoms with Crippen LogP contribution in [0, 0.1) is 5.92 Å². The maximum absolute atomic E-state index is 11.1. The van der Waals surface area contributed by atoms with Crippen molar-refractivity contribution in [1.29, 1.82) is 0 Å². The first-order valence-electron chi connectivity index (χ1n) is 10.9. The number of nitrogens with zero attached hydrogens (tertiary/aromatic N) is 5. The van der Waals surface area contributed by atoms with Gasteiger partial charge in [0.25, 0.3) is 0 Å². The number of anilines is 1. The number of hydrogen-bond donors (Lipinski definition) is 1. The molecule has 3 aliphatic rings. The van der Waals surface area contributed by atoms with Crippen LogP contribution in [0.15, 0.2) is 12.7 Å². The van der Waals surface area contributed by atoms with Crippen LogP contribution >= 0.6 is 0 Å². The van der Waals surface area contributed by atoms with Crippen LogP contribution in [0.3, 0.4) is 0 Å². The zero-order chi connectivity index (χ0) is 21.9. The van der Waals surface area contributed by atoms with Crippen molar-refractivity contribution < 1.29 is 19.0 Å². The van der Waals surface area contributed by atoms with Crippen LogP contribution in [0.4, 0.5) is 5.82 Å². The summed E-state index contributed by atoms with van der Waals surface area (Å²) in [7, 11) is 0. The first kappa shape index (κ1) is 20.7. The molecule has 1 saturated carbocycles. The quantitative estimate of drug-likeness (QED) is 0.680. The van der Waals surface area contributed by atoms with Crippen molar-refractivity contribution in [2.75, 3.05) is 12.3 Å². The van der Waals surface area contributed by atoms with E-state index in [1.807, 2.05) is 18.4 Å². The first-order chi connectivity index (χ1) is 14.8. The average molecular weight is 431 g/mol. The van der Waals surface area contributed by atoms with Gasteiger partial charge in [0.1, 0.15) is 36.4 Å². The highest BCUT2D eigenvalue weighted by Crippen LogP contribution is 2.44. The minimum atomic E-state index is -0.707. The summed E-state index contributed by atoms with van der Waals surface area (Å²) in [6.07, 6.45) is 4.83. The van der Waals surface area contributed by atoms with Crippen LogP contribution < -0.4 is 5.73 Å². The summed E-state index contributed by atoms with van der Waals surface area (Å²) in [6.45, 7) is 8.90. The van der Waals surface area contributed by atoms with Crippen molar-refractivity contribution in [3.8, 4) is 0 Å². The number of fused-ring (bicyclic) bond motifs is 2. The number of ether oxygens (including phenoxy) is 3. The van der Waals surface area contributed by atoms with Gasteiger partial charge in [-0.1, -0.05) is 0 Å². The number of aldehydes is 1. The number of carbonyl (C=O) groups excluding carboxylic acids is 1. The van der Waals surface area contributed by atoms with Crippen LogP contribution in [0.5, 0.6) is 0 Å². The lowest BCUT2D eigenvalue weighted by Gasteiger charge is -2.44. The fraction of sp³-hybridized carbons (Fsp3) is 0.714. The van der Waals surface area contributed by atoms with Gasteiger partial charge in [-0.3, -0.25) is 9.47 Å². The fourth-order valence-electron chi connectivity index (χ4n) is 5.09. The SMILES string of the molecule is CC(C)N(C[C@H]1O[C@@H](n2cnc3c(N)ncnc32)[C@@H]2OC(C)(C)O[C@@H]21)[C@H]1C[C@H](C=O)C1. The van der Waals surface area contributed by atoms with E-state index in [0.29, 0.717) is 35.6 Å². The molecule has 2 aliphatic heterocycles. The summed E-state index contributed by atoms with van der Waals surface area (Å²) in [6, 6.07) is 0.712. The molecule has 0 amide bonds. The van der Waals surface area contributed by atoms with Crippen LogP contribution in [-0.2, 0) is 19.0 Å². The lowest BCUT2D eigenvalue weighted by molar-refractivity contribution is -0.199. The maximum atomic E-state index is 11.1. The number of nitrogen functional groups attached to an aromatic ring is 1. The van der Waals surface area contributed by atoms with Gasteiger partial charge >= 0.3 is 0 Å². The van der Waals surface area contributed by atoms with Gasteiger partial charge in [-0.25, -0.2) is 15.0 Å². The van der Waals surface area contributed by atoms with E-state index in [1.54, 1.807) is 6.33 Å². The van der Waals surface area contributed by atoms with E-state index in [4.69, 9.17) is 19.9 Å². The summed E-state index contributed by atoms with van der Waals surface area (Å²) < 4.78 is 20.9. The molecule has 0 aromatic carbocycles. The third-order valence-corrected chi connectivity index (χ3v) is 6.65. The van der Waals surface area contributed by atoms with E-state index in [2.05, 4.69) is 33.7 Å². The monoisotopic (exact) mass is 430 g/mol. The molecule has 2 saturated heterocycles. The molecule has 0 radical (unpaired) electrons. The Morgan fingerprint density at radius 3 is 2.71 bits per heavy atom. The highest BCUT2D eigenvalue weighted by molar-refractivity contribution is 5.81. The molecule has 10 heteroatoms. The Morgan fingerprint density at radius 1 is 1.26 bits per heavy atom. The normalized spacial score (nSPS) is 34.4. The molecule has 2 aromatic heterocycles. The smallest absolute Gasteiger partial charge is 0.167 e. The van der Waals surface area contributed by atoms with Crippen LogP contribution in [-0.4, -0.2) is 73.4 Å². The van der Waals surface area contributed by atoms with Gasteiger partial charge < -0.3 is 24.7 Å². The summed E-state index contributed by atoms with van der Waals surface area (Å²) in [5, 5.41) is 0. The lowest BCUT2D eigenvalue weighted by Crippen LogP contribution is -2.52. The van der Waals surface area contributed by atoms with Crippen molar-refractivity contribution in [2.24, 2.45) is 5.92 Å². The Kier molecular flexibility index (Phi) is 5.00. The molecule has 2 aromatic rings. The Morgan fingerprint density at radius 2 is 2.00 bits per heavy atom. The predicted octanol–water partition coefficient (Wildman–Crippen LogP) is 1.51. The summed E-state index contributed by atoms with van der Waals surface area (Å²) in [5.74, 6) is -0.204. The van der Waals surface area contributed by atoms with Crippen LogP contribution in [0.1, 0.15) is 46.8 Å². The summed E-state index contributed by atoms with van der Waals surface area (Å²) in [5.41, 5.74) is 7.12. The van der Waals surface area contributed by atoms with Gasteiger partial charge in [0.2, 0.25) is 0 Å². The number of carbonyl (C=O) groups is 1. The maximum Gasteiger partial charge on any atom is 0.167 e. The van der Waals surface area contributed by atoms with Gasteiger partial charge in [0.15, 0.2) is 23.5 Å². The molecule has 0 bridgehead atoms. The van der Waals surface area contributed by atoms with Crippen molar-refractivity contribution in [3.63, 3.8) is 0 Å². The van der Waals surface area contributed by atoms with E-state index < -0.39 is 12.0 Å². The molecule has 10 nitrogen and oxygen atoms in total. The fourth-order valence-corrected chi connectivity index (χ4v) is 5.09. The van der Waals surface area contributed by atoms with Crippen molar-refractivity contribution in [2.45, 2.75) is 82.9 Å². The minimum absolute atomic E-state index is 0.170. The van der Waals surface area contributed by atoms with Crippen molar-refractivity contribution in [3.05, 3.63) is 12.7 Å². The second kappa shape index (κ2) is 7.47. The topological polar surface area (TPSA) is 118 Å². The Balaban J connectivity index is 1.42. The third-order valence-electron chi connectivity index (χ3n) is 6.65. The molecule has 168 valence electrons. The largest absolute Gasteiger partial charge is 0.382 e. The third kappa shape index (κ3) is 3.51. The van der Waals surface area contributed by atoms with Crippen LogP contribution in [0.25, 0.3) is 11.2 Å². The molecule has 1 aliphatic carbocycles. The molecular formula is C21H30N6O4. The predicted molar refractivity (Wildman–Crippen MR) is 112 cm³/mol. The molecule has 4 atom stereocenters. The van der Waals surface area contributed by atoms with Gasteiger partial charge in [0, 0.05) is 24.5 Å². The summed E-state index contributed by atoms with van der Waals surface area (Å²) >= 11 is 0. The average Bonchev–Trinajstić information content (AvgIpc) is 3.32. The van der Waals surface area contributed by atoms with Crippen molar-refractivity contribution in [1.82, 2.24) is 24.4 Å². The second-order valence-electron chi connectivity index (χ2n) is 9.52. The van der Waals surface area contributed by atoms with Crippen molar-refractivity contribution >= 4 is 23.3 Å². The van der Waals surface area contributed by atoms with E-state index in [9.17, 15) is 4.79 Å². The number of hydrogen-bond acceptors (Lipinski definition) is 9. The molecule has 0 spiro atoms. The molecule has 3 fully saturated rings. The van der Waals surface area contributed by atoms with E-state index in [1.165, 1.54) is 6.33 Å². The van der Waals surface area contributed by atoms with Gasteiger partial charge in [-0.05, 0) is 40.5 Å². The lowest BCUT2D eigenvalue weighted by atomic mass is 9.79. The number of imidazole rings is 1. The molecule has 2 N–H and O–H groups in total. The number of rotatable bonds is 6. The zero-order valence-electron chi connectivity index (χ0n) is 18.3. The van der Waals surface area contributed by atoms with E-state index in [0.717, 1.165) is 19.1 Å². The van der Waals surface area contributed by atoms with Gasteiger partial charge in [-0.15, -0.1) is 0 Å². The summed E-state index contributed by atoms with van der Waals surface area (Å²) in [4.78, 5) is 26.3. The van der Waals surface area contributed by atoms with Crippen LogP contribution in [0.2, 0.25) is 0 Å². The Labute approximate surface area is 181 Å². The number of aromatic nitrogens is 4. The van der Waals surface area contributed by atoms with E-state index >= 15 is 0 Å². The molecule has 31 heavy (non-hydrogen) atoms. The molecule has 5 rings (SSSR count). The second-order valence-corrected chi connectivity index (χ2v) is 9.52. The van der Waals surface area contributed by atoms with E-state index in [-0.39, 0.29) is 24.2 Å². The van der Waals surface area contributed by atoms with Gasteiger partial charge in [-0.2, -0.15) is 0 Å². The zero-order valence-corrected chi connectivity index (χ0v) is 18.3. The molecule has 0 unspecified atom stereocenters. The Hall–Kier alpha value is -2.14. The first-order valence-corrected chi connectivity index (χ1v) is 10.9. The standard InChI is InChI=1S/C21H30N6O4/c1-11(2)26(13-5-12(6-13)8-28)7-14-16-17(31-21(3,4)30-16)20(29-14)27-10-25-15-18(22)23-9-24-19(15)27/h8-14,16-17,20H,5-7H2,1-4H3,(H2,22,23,24)/t12-,13-,14-,16-,17-,20-/m1/s1. The van der Waals surface area contributed by atoms with Gasteiger partial charge in [0.05, 0.1) is 6.33 Å². The highest BCUT2D eigenvalue weighted by Gasteiger charge is 2.56.